The van der Waals surface area contributed by atoms with Crippen molar-refractivity contribution in [1.29, 1.82) is 0 Å². The summed E-state index contributed by atoms with van der Waals surface area (Å²) in [6.07, 6.45) is 0. The van der Waals surface area contributed by atoms with E-state index < -0.39 is 5.97 Å². The molecule has 1 atom stereocenters. The van der Waals surface area contributed by atoms with Gasteiger partial charge >= 0.3 is 5.97 Å². The zero-order valence-corrected chi connectivity index (χ0v) is 9.50. The van der Waals surface area contributed by atoms with E-state index in [2.05, 4.69) is 25.3 Å². The Morgan fingerprint density at radius 3 is 2.43 bits per heavy atom. The minimum absolute atomic E-state index is 0.00830. The second kappa shape index (κ2) is 4.75. The van der Waals surface area contributed by atoms with E-state index in [0.717, 1.165) is 5.56 Å². The summed E-state index contributed by atoms with van der Waals surface area (Å²) in [5, 5.41) is 8.95. The molecule has 0 aromatic heterocycles. The van der Waals surface area contributed by atoms with Crippen LogP contribution in [0.1, 0.15) is 28.8 Å². The molecule has 0 saturated heterocycles. The van der Waals surface area contributed by atoms with Crippen molar-refractivity contribution < 1.29 is 9.90 Å². The van der Waals surface area contributed by atoms with Gasteiger partial charge in [0, 0.05) is 5.92 Å². The summed E-state index contributed by atoms with van der Waals surface area (Å²) in [6.45, 7) is 1.91. The van der Waals surface area contributed by atoms with Crippen LogP contribution in [0.5, 0.6) is 0 Å². The molecule has 0 spiro atoms. The first-order chi connectivity index (χ1) is 6.54. The Balaban J connectivity index is 3.13. The van der Waals surface area contributed by atoms with Crippen molar-refractivity contribution in [2.24, 2.45) is 0 Å². The fraction of sp³-hybridized carbons (Fsp3) is 0.300. The Bertz CT molecular complexity index is 337. The maximum absolute atomic E-state index is 10.9. The van der Waals surface area contributed by atoms with Gasteiger partial charge in [0.1, 0.15) is 0 Å². The summed E-state index contributed by atoms with van der Waals surface area (Å²) < 4.78 is -0.157. The molecular weight excluding hydrogens is 216 g/mol. The molecule has 2 nitrogen and oxygen atoms in total. The van der Waals surface area contributed by atoms with Gasteiger partial charge in [-0.05, 0) is 11.6 Å². The lowest BCUT2D eigenvalue weighted by Gasteiger charge is -2.16. The van der Waals surface area contributed by atoms with Crippen molar-refractivity contribution in [2.75, 3.05) is 0 Å². The topological polar surface area (TPSA) is 37.3 Å². The summed E-state index contributed by atoms with van der Waals surface area (Å²) in [5.74, 6) is -0.899. The number of thiol groups is 2. The van der Waals surface area contributed by atoms with Gasteiger partial charge in [-0.25, -0.2) is 4.79 Å². The van der Waals surface area contributed by atoms with Crippen LogP contribution in [0.2, 0.25) is 0 Å². The SMILES string of the molecule is CC(c1ccccc1C(=O)O)C(S)S. The number of carbonyl (C=O) groups is 1. The molecule has 14 heavy (non-hydrogen) atoms. The van der Waals surface area contributed by atoms with Gasteiger partial charge in [0.05, 0.1) is 10.1 Å². The predicted octanol–water partition coefficient (Wildman–Crippen LogP) is 2.67. The third kappa shape index (κ3) is 2.45. The number of hydrogen-bond donors (Lipinski definition) is 3. The molecule has 0 aliphatic heterocycles. The van der Waals surface area contributed by atoms with Gasteiger partial charge in [0.25, 0.3) is 0 Å². The van der Waals surface area contributed by atoms with E-state index >= 15 is 0 Å². The van der Waals surface area contributed by atoms with Crippen LogP contribution in [0.3, 0.4) is 0 Å². The third-order valence-corrected chi connectivity index (χ3v) is 3.02. The molecule has 0 amide bonds. The number of rotatable bonds is 3. The van der Waals surface area contributed by atoms with Crippen molar-refractivity contribution in [1.82, 2.24) is 0 Å². The molecule has 0 radical (unpaired) electrons. The summed E-state index contributed by atoms with van der Waals surface area (Å²) >= 11 is 8.38. The van der Waals surface area contributed by atoms with Crippen molar-refractivity contribution in [2.45, 2.75) is 17.4 Å². The number of carboxylic acids is 1. The second-order valence-electron chi connectivity index (χ2n) is 3.09. The Kier molecular flexibility index (Phi) is 3.89. The van der Waals surface area contributed by atoms with Gasteiger partial charge in [-0.15, -0.1) is 0 Å². The molecule has 0 saturated carbocycles. The molecule has 1 unspecified atom stereocenters. The highest BCUT2D eigenvalue weighted by Gasteiger charge is 2.17. The van der Waals surface area contributed by atoms with Crippen LogP contribution >= 0.6 is 25.3 Å². The van der Waals surface area contributed by atoms with Gasteiger partial charge in [0.2, 0.25) is 0 Å². The molecular formula is C10H12O2S2. The molecule has 1 N–H and O–H groups in total. The maximum Gasteiger partial charge on any atom is 0.335 e. The van der Waals surface area contributed by atoms with Crippen molar-refractivity contribution in [3.8, 4) is 0 Å². The first-order valence-corrected chi connectivity index (χ1v) is 5.25. The van der Waals surface area contributed by atoms with Crippen LogP contribution < -0.4 is 0 Å². The Morgan fingerprint density at radius 2 is 1.93 bits per heavy atom. The molecule has 1 aromatic carbocycles. The van der Waals surface area contributed by atoms with E-state index in [9.17, 15) is 4.79 Å². The van der Waals surface area contributed by atoms with Gasteiger partial charge < -0.3 is 5.11 Å². The first kappa shape index (κ1) is 11.5. The molecule has 0 heterocycles. The van der Waals surface area contributed by atoms with Gasteiger partial charge in [0.15, 0.2) is 0 Å². The second-order valence-corrected chi connectivity index (χ2v) is 4.61. The van der Waals surface area contributed by atoms with E-state index in [-0.39, 0.29) is 10.5 Å². The molecule has 76 valence electrons. The van der Waals surface area contributed by atoms with Crippen molar-refractivity contribution in [3.05, 3.63) is 35.4 Å². The lowest BCUT2D eigenvalue weighted by atomic mass is 9.97. The maximum atomic E-state index is 10.9. The normalized spacial score (nSPS) is 12.9. The Hall–Kier alpha value is -0.610. The molecule has 0 aliphatic rings. The van der Waals surface area contributed by atoms with E-state index in [1.54, 1.807) is 18.2 Å². The highest BCUT2D eigenvalue weighted by atomic mass is 32.2. The van der Waals surface area contributed by atoms with Crippen molar-refractivity contribution in [3.63, 3.8) is 0 Å². The highest BCUT2D eigenvalue weighted by molar-refractivity contribution is 7.99. The summed E-state index contributed by atoms with van der Waals surface area (Å²) in [4.78, 5) is 10.9. The molecule has 0 aliphatic carbocycles. The third-order valence-electron chi connectivity index (χ3n) is 2.13. The molecule has 1 rings (SSSR count). The van der Waals surface area contributed by atoms with Gasteiger partial charge in [-0.1, -0.05) is 25.1 Å². The average Bonchev–Trinajstić information content (AvgIpc) is 2.16. The fourth-order valence-electron chi connectivity index (χ4n) is 1.25. The zero-order chi connectivity index (χ0) is 10.7. The van der Waals surface area contributed by atoms with Crippen LogP contribution in [0.4, 0.5) is 0 Å². The van der Waals surface area contributed by atoms with Gasteiger partial charge in [-0.3, -0.25) is 0 Å². The van der Waals surface area contributed by atoms with Crippen molar-refractivity contribution >= 4 is 31.2 Å². The summed E-state index contributed by atoms with van der Waals surface area (Å²) in [5.41, 5.74) is 1.10. The van der Waals surface area contributed by atoms with Crippen LogP contribution in [0.25, 0.3) is 0 Å². The standard InChI is InChI=1S/C10H12O2S2/c1-6(10(13)14)7-4-2-3-5-8(7)9(11)12/h2-6,10,13-14H,1H3,(H,11,12). The smallest absolute Gasteiger partial charge is 0.335 e. The average molecular weight is 228 g/mol. The molecule has 4 heteroatoms. The number of hydrogen-bond acceptors (Lipinski definition) is 3. The number of benzene rings is 1. The van der Waals surface area contributed by atoms with Gasteiger partial charge in [-0.2, -0.15) is 25.3 Å². The lowest BCUT2D eigenvalue weighted by Crippen LogP contribution is -2.09. The van der Waals surface area contributed by atoms with Crippen LogP contribution in [0, 0.1) is 0 Å². The minimum Gasteiger partial charge on any atom is -0.478 e. The minimum atomic E-state index is -0.908. The Morgan fingerprint density at radius 1 is 1.36 bits per heavy atom. The predicted molar refractivity (Wildman–Crippen MR) is 63.6 cm³/mol. The lowest BCUT2D eigenvalue weighted by molar-refractivity contribution is 0.0695. The van der Waals surface area contributed by atoms with E-state index in [1.165, 1.54) is 0 Å². The quantitative estimate of drug-likeness (QED) is 0.549. The van der Waals surface area contributed by atoms with Crippen LogP contribution in [0.15, 0.2) is 24.3 Å². The number of aromatic carboxylic acids is 1. The van der Waals surface area contributed by atoms with E-state index in [0.29, 0.717) is 5.56 Å². The molecule has 0 fully saturated rings. The Labute approximate surface area is 94.2 Å². The summed E-state index contributed by atoms with van der Waals surface area (Å²) in [6, 6.07) is 6.93. The number of carboxylic acid groups (broad SMARTS) is 1. The first-order valence-electron chi connectivity index (χ1n) is 4.22. The molecule has 0 bridgehead atoms. The largest absolute Gasteiger partial charge is 0.478 e. The van der Waals surface area contributed by atoms with Crippen LogP contribution in [-0.2, 0) is 0 Å². The van der Waals surface area contributed by atoms with E-state index in [1.807, 2.05) is 13.0 Å². The zero-order valence-electron chi connectivity index (χ0n) is 7.71. The highest BCUT2D eigenvalue weighted by Crippen LogP contribution is 2.27. The summed E-state index contributed by atoms with van der Waals surface area (Å²) in [7, 11) is 0. The van der Waals surface area contributed by atoms with E-state index in [4.69, 9.17) is 5.11 Å². The van der Waals surface area contributed by atoms with Crippen LogP contribution in [-0.4, -0.2) is 15.7 Å². The molecule has 1 aromatic rings. The monoisotopic (exact) mass is 228 g/mol. The fourth-order valence-corrected chi connectivity index (χ4v) is 1.57.